The summed E-state index contributed by atoms with van der Waals surface area (Å²) in [5.74, 6) is 1.40. The normalized spacial score (nSPS) is 10.7. The van der Waals surface area contributed by atoms with Gasteiger partial charge in [-0.05, 0) is 12.3 Å². The predicted molar refractivity (Wildman–Crippen MR) is 60.7 cm³/mol. The summed E-state index contributed by atoms with van der Waals surface area (Å²) < 4.78 is 0. The summed E-state index contributed by atoms with van der Waals surface area (Å²) in [6.07, 6.45) is 4.45. The van der Waals surface area contributed by atoms with E-state index in [-0.39, 0.29) is 6.61 Å². The van der Waals surface area contributed by atoms with Gasteiger partial charge in [0, 0.05) is 31.5 Å². The van der Waals surface area contributed by atoms with Gasteiger partial charge in [0.25, 0.3) is 0 Å². The van der Waals surface area contributed by atoms with E-state index in [2.05, 4.69) is 23.8 Å². The van der Waals surface area contributed by atoms with Crippen LogP contribution in [0.3, 0.4) is 0 Å². The van der Waals surface area contributed by atoms with E-state index in [1.807, 2.05) is 11.9 Å². The van der Waals surface area contributed by atoms with Gasteiger partial charge >= 0.3 is 0 Å². The Morgan fingerprint density at radius 3 is 2.40 bits per heavy atom. The topological polar surface area (TPSA) is 49.2 Å². The molecule has 1 aromatic heterocycles. The van der Waals surface area contributed by atoms with Crippen molar-refractivity contribution < 1.29 is 5.11 Å². The molecule has 0 saturated heterocycles. The Morgan fingerprint density at radius 2 is 1.93 bits per heavy atom. The van der Waals surface area contributed by atoms with Gasteiger partial charge in [-0.2, -0.15) is 0 Å². The first-order valence-electron chi connectivity index (χ1n) is 5.26. The predicted octanol–water partition coefficient (Wildman–Crippen LogP) is 1.45. The number of rotatable bonds is 5. The number of aliphatic hydroxyl groups is 1. The fraction of sp³-hybridized carbons (Fsp3) is 0.636. The summed E-state index contributed by atoms with van der Waals surface area (Å²) >= 11 is 0. The van der Waals surface area contributed by atoms with E-state index in [0.29, 0.717) is 11.9 Å². The molecule has 0 fully saturated rings. The molecular weight excluding hydrogens is 190 g/mol. The first-order chi connectivity index (χ1) is 7.13. The smallest absolute Gasteiger partial charge is 0.224 e. The molecule has 1 heterocycles. The Balaban J connectivity index is 2.54. The average molecular weight is 209 g/mol. The van der Waals surface area contributed by atoms with Gasteiger partial charge in [-0.15, -0.1) is 0 Å². The lowest BCUT2D eigenvalue weighted by Crippen LogP contribution is -2.22. The van der Waals surface area contributed by atoms with E-state index in [0.717, 1.165) is 18.5 Å². The second kappa shape index (κ2) is 5.66. The third-order valence-corrected chi connectivity index (χ3v) is 2.26. The van der Waals surface area contributed by atoms with E-state index in [4.69, 9.17) is 5.11 Å². The third-order valence-electron chi connectivity index (χ3n) is 2.26. The van der Waals surface area contributed by atoms with Gasteiger partial charge in [0.2, 0.25) is 5.95 Å². The van der Waals surface area contributed by atoms with Crippen molar-refractivity contribution in [2.75, 3.05) is 18.5 Å². The van der Waals surface area contributed by atoms with Crippen LogP contribution in [0.5, 0.6) is 0 Å². The van der Waals surface area contributed by atoms with Crippen LogP contribution in [0.25, 0.3) is 0 Å². The molecule has 0 aliphatic rings. The van der Waals surface area contributed by atoms with Gasteiger partial charge in [0.15, 0.2) is 0 Å². The maximum absolute atomic E-state index is 8.85. The van der Waals surface area contributed by atoms with E-state index in [1.54, 1.807) is 12.4 Å². The Morgan fingerprint density at radius 1 is 1.33 bits per heavy atom. The van der Waals surface area contributed by atoms with E-state index in [1.165, 1.54) is 0 Å². The van der Waals surface area contributed by atoms with Gasteiger partial charge in [0.05, 0.1) is 6.61 Å². The molecule has 0 saturated carbocycles. The minimum Gasteiger partial charge on any atom is -0.392 e. The lowest BCUT2D eigenvalue weighted by atomic mass is 10.1. The van der Waals surface area contributed by atoms with Crippen molar-refractivity contribution in [1.29, 1.82) is 0 Å². The van der Waals surface area contributed by atoms with Crippen LogP contribution in [-0.2, 0) is 6.61 Å². The molecular formula is C11H19N3O. The first-order valence-corrected chi connectivity index (χ1v) is 5.26. The molecule has 0 atom stereocenters. The van der Waals surface area contributed by atoms with Crippen LogP contribution >= 0.6 is 0 Å². The van der Waals surface area contributed by atoms with Crippen molar-refractivity contribution in [3.63, 3.8) is 0 Å². The van der Waals surface area contributed by atoms with Crippen LogP contribution in [-0.4, -0.2) is 28.7 Å². The molecule has 1 N–H and O–H groups in total. The second-order valence-corrected chi connectivity index (χ2v) is 4.15. The highest BCUT2D eigenvalue weighted by Gasteiger charge is 2.04. The van der Waals surface area contributed by atoms with Crippen LogP contribution in [0.2, 0.25) is 0 Å². The van der Waals surface area contributed by atoms with Crippen molar-refractivity contribution in [1.82, 2.24) is 9.97 Å². The lowest BCUT2D eigenvalue weighted by molar-refractivity contribution is 0.281. The van der Waals surface area contributed by atoms with Crippen molar-refractivity contribution in [2.45, 2.75) is 26.9 Å². The largest absolute Gasteiger partial charge is 0.392 e. The summed E-state index contributed by atoms with van der Waals surface area (Å²) in [4.78, 5) is 10.4. The highest BCUT2D eigenvalue weighted by atomic mass is 16.3. The quantitative estimate of drug-likeness (QED) is 0.797. The summed E-state index contributed by atoms with van der Waals surface area (Å²) in [6, 6.07) is 0. The molecule has 0 unspecified atom stereocenters. The number of anilines is 1. The van der Waals surface area contributed by atoms with Gasteiger partial charge in [-0.25, -0.2) is 9.97 Å². The van der Waals surface area contributed by atoms with Crippen molar-refractivity contribution in [2.24, 2.45) is 5.92 Å². The average Bonchev–Trinajstić information content (AvgIpc) is 2.26. The fourth-order valence-corrected chi connectivity index (χ4v) is 1.18. The lowest BCUT2D eigenvalue weighted by Gasteiger charge is -2.17. The van der Waals surface area contributed by atoms with Crippen molar-refractivity contribution in [3.05, 3.63) is 18.0 Å². The molecule has 4 heteroatoms. The Bertz CT molecular complexity index is 284. The molecule has 1 rings (SSSR count). The van der Waals surface area contributed by atoms with Crippen molar-refractivity contribution in [3.8, 4) is 0 Å². The Kier molecular flexibility index (Phi) is 4.49. The molecule has 0 aromatic carbocycles. The zero-order valence-corrected chi connectivity index (χ0v) is 9.64. The molecule has 4 nitrogen and oxygen atoms in total. The van der Waals surface area contributed by atoms with E-state index >= 15 is 0 Å². The second-order valence-electron chi connectivity index (χ2n) is 4.15. The molecule has 0 radical (unpaired) electrons. The van der Waals surface area contributed by atoms with Gasteiger partial charge in [-0.3, -0.25) is 0 Å². The number of aliphatic hydroxyl groups excluding tert-OH is 1. The highest BCUT2D eigenvalue weighted by Crippen LogP contribution is 2.08. The number of aromatic nitrogens is 2. The zero-order chi connectivity index (χ0) is 11.3. The van der Waals surface area contributed by atoms with Crippen LogP contribution in [0.1, 0.15) is 25.8 Å². The van der Waals surface area contributed by atoms with Gasteiger partial charge < -0.3 is 10.0 Å². The number of hydrogen-bond acceptors (Lipinski definition) is 4. The number of hydrogen-bond donors (Lipinski definition) is 1. The monoisotopic (exact) mass is 209 g/mol. The molecule has 0 aliphatic heterocycles. The van der Waals surface area contributed by atoms with Crippen LogP contribution in [0.15, 0.2) is 12.4 Å². The Hall–Kier alpha value is -1.16. The Labute approximate surface area is 91.0 Å². The highest BCUT2D eigenvalue weighted by molar-refractivity contribution is 5.27. The molecule has 84 valence electrons. The molecule has 0 aliphatic carbocycles. The zero-order valence-electron chi connectivity index (χ0n) is 9.64. The summed E-state index contributed by atoms with van der Waals surface area (Å²) in [7, 11) is 1.98. The summed E-state index contributed by atoms with van der Waals surface area (Å²) in [6.45, 7) is 5.35. The standard InChI is InChI=1S/C11H19N3O/c1-9(2)4-5-14(3)11-12-6-10(8-15)7-13-11/h6-7,9,15H,4-5,8H2,1-3H3. The number of nitrogens with zero attached hydrogens (tertiary/aromatic N) is 3. The SMILES string of the molecule is CC(C)CCN(C)c1ncc(CO)cn1. The summed E-state index contributed by atoms with van der Waals surface area (Å²) in [5, 5.41) is 8.85. The maximum Gasteiger partial charge on any atom is 0.224 e. The van der Waals surface area contributed by atoms with Crippen LogP contribution < -0.4 is 4.90 Å². The van der Waals surface area contributed by atoms with Crippen LogP contribution in [0, 0.1) is 5.92 Å². The molecule has 0 bridgehead atoms. The maximum atomic E-state index is 8.85. The van der Waals surface area contributed by atoms with Gasteiger partial charge in [-0.1, -0.05) is 13.8 Å². The van der Waals surface area contributed by atoms with E-state index in [9.17, 15) is 0 Å². The molecule has 0 amide bonds. The third kappa shape index (κ3) is 3.83. The van der Waals surface area contributed by atoms with Crippen LogP contribution in [0.4, 0.5) is 5.95 Å². The molecule has 1 aromatic rings. The minimum absolute atomic E-state index is 0.00398. The van der Waals surface area contributed by atoms with Crippen molar-refractivity contribution >= 4 is 5.95 Å². The van der Waals surface area contributed by atoms with E-state index < -0.39 is 0 Å². The van der Waals surface area contributed by atoms with Gasteiger partial charge in [0.1, 0.15) is 0 Å². The summed E-state index contributed by atoms with van der Waals surface area (Å²) in [5.41, 5.74) is 0.746. The molecule has 0 spiro atoms. The molecule has 15 heavy (non-hydrogen) atoms. The first kappa shape index (κ1) is 11.9. The fourth-order valence-electron chi connectivity index (χ4n) is 1.18. The minimum atomic E-state index is -0.00398.